The highest BCUT2D eigenvalue weighted by atomic mass is 32.1. The fourth-order valence-electron chi connectivity index (χ4n) is 3.19. The number of fused-ring (bicyclic) bond motifs is 1. The summed E-state index contributed by atoms with van der Waals surface area (Å²) in [7, 11) is 3.63. The zero-order chi connectivity index (χ0) is 16.6. The lowest BCUT2D eigenvalue weighted by Crippen LogP contribution is -2.52. The molecule has 0 spiro atoms. The smallest absolute Gasteiger partial charge is 0.264 e. The maximum absolute atomic E-state index is 14.2. The highest BCUT2D eigenvalue weighted by Gasteiger charge is 2.30. The Balaban J connectivity index is 2.03. The van der Waals surface area contributed by atoms with Gasteiger partial charge in [-0.25, -0.2) is 4.39 Å². The van der Waals surface area contributed by atoms with Crippen LogP contribution in [0.3, 0.4) is 0 Å². The van der Waals surface area contributed by atoms with Crippen LogP contribution in [0.5, 0.6) is 0 Å². The van der Waals surface area contributed by atoms with Crippen molar-refractivity contribution < 1.29 is 13.9 Å². The molecule has 2 aromatic rings. The summed E-state index contributed by atoms with van der Waals surface area (Å²) in [6.07, 6.45) is 0. The topological polar surface area (TPSA) is 32.8 Å². The van der Waals surface area contributed by atoms with Crippen molar-refractivity contribution in [3.63, 3.8) is 0 Å². The molecule has 1 aliphatic heterocycles. The average Bonchev–Trinajstić information content (AvgIpc) is 2.87. The summed E-state index contributed by atoms with van der Waals surface area (Å²) in [6, 6.07) is 5.11. The summed E-state index contributed by atoms with van der Waals surface area (Å²) in [5.41, 5.74) is 0.668. The summed E-state index contributed by atoms with van der Waals surface area (Å²) < 4.78 is 20.3. The number of methoxy groups -OCH3 is 1. The molecule has 1 aromatic heterocycles. The second kappa shape index (κ2) is 6.55. The molecule has 1 aliphatic rings. The van der Waals surface area contributed by atoms with Crippen LogP contribution in [0.2, 0.25) is 0 Å². The predicted molar refractivity (Wildman–Crippen MR) is 90.5 cm³/mol. The molecule has 4 nitrogen and oxygen atoms in total. The number of thiophene rings is 1. The number of amides is 1. The second-order valence-electron chi connectivity index (χ2n) is 6.07. The maximum Gasteiger partial charge on any atom is 0.264 e. The van der Waals surface area contributed by atoms with Crippen LogP contribution in [-0.2, 0) is 11.3 Å². The van der Waals surface area contributed by atoms with E-state index < -0.39 is 0 Å². The van der Waals surface area contributed by atoms with Gasteiger partial charge < -0.3 is 14.5 Å². The van der Waals surface area contributed by atoms with Crippen LogP contribution in [0.1, 0.15) is 22.2 Å². The van der Waals surface area contributed by atoms with Crippen molar-refractivity contribution in [2.24, 2.45) is 0 Å². The number of likely N-dealkylation sites (N-methyl/N-ethyl adjacent to an activating group) is 1. The second-order valence-corrected chi connectivity index (χ2v) is 7.12. The lowest BCUT2D eigenvalue weighted by molar-refractivity contribution is 0.0535. The fourth-order valence-corrected chi connectivity index (χ4v) is 4.37. The third kappa shape index (κ3) is 2.98. The number of ether oxygens (including phenoxy) is 1. The molecular weight excluding hydrogens is 315 g/mol. The van der Waals surface area contributed by atoms with Gasteiger partial charge in [-0.15, -0.1) is 11.3 Å². The Bertz CT molecular complexity index is 731. The van der Waals surface area contributed by atoms with Crippen molar-refractivity contribution >= 4 is 27.3 Å². The average molecular weight is 336 g/mol. The van der Waals surface area contributed by atoms with Crippen LogP contribution in [0.15, 0.2) is 18.2 Å². The van der Waals surface area contributed by atoms with E-state index in [4.69, 9.17) is 4.74 Å². The van der Waals surface area contributed by atoms with Gasteiger partial charge in [-0.2, -0.15) is 0 Å². The SMILES string of the molecule is COCc1c(C(=O)N2CCN(C)C[C@@H]2C)sc2cccc(F)c12. The largest absolute Gasteiger partial charge is 0.380 e. The molecule has 2 heterocycles. The summed E-state index contributed by atoms with van der Waals surface area (Å²) in [5.74, 6) is -0.311. The van der Waals surface area contributed by atoms with Gasteiger partial charge in [0.2, 0.25) is 0 Å². The molecule has 1 saturated heterocycles. The lowest BCUT2D eigenvalue weighted by Gasteiger charge is -2.38. The van der Waals surface area contributed by atoms with E-state index in [1.54, 1.807) is 13.2 Å². The minimum absolute atomic E-state index is 0.0155. The van der Waals surface area contributed by atoms with Crippen LogP contribution in [0.25, 0.3) is 10.1 Å². The molecule has 1 amide bonds. The van der Waals surface area contributed by atoms with Crippen molar-refractivity contribution in [1.29, 1.82) is 0 Å². The summed E-state index contributed by atoms with van der Waals surface area (Å²) in [4.78, 5) is 17.7. The Labute approximate surface area is 139 Å². The predicted octanol–water partition coefficient (Wildman–Crippen LogP) is 2.96. The molecule has 0 unspecified atom stereocenters. The molecule has 0 saturated carbocycles. The first-order valence-corrected chi connectivity index (χ1v) is 8.53. The van der Waals surface area contributed by atoms with Crippen molar-refractivity contribution in [3.05, 3.63) is 34.5 Å². The van der Waals surface area contributed by atoms with Gasteiger partial charge in [-0.3, -0.25) is 4.79 Å². The van der Waals surface area contributed by atoms with Crippen LogP contribution < -0.4 is 0 Å². The zero-order valence-electron chi connectivity index (χ0n) is 13.6. The van der Waals surface area contributed by atoms with Crippen molar-refractivity contribution in [1.82, 2.24) is 9.80 Å². The van der Waals surface area contributed by atoms with E-state index in [9.17, 15) is 9.18 Å². The Morgan fingerprint density at radius 1 is 1.43 bits per heavy atom. The van der Waals surface area contributed by atoms with Gasteiger partial charge in [0.15, 0.2) is 0 Å². The van der Waals surface area contributed by atoms with Gasteiger partial charge in [-0.05, 0) is 26.1 Å². The molecule has 1 fully saturated rings. The van der Waals surface area contributed by atoms with Crippen molar-refractivity contribution in [2.45, 2.75) is 19.6 Å². The first-order valence-electron chi connectivity index (χ1n) is 7.71. The molecule has 1 aromatic carbocycles. The number of benzene rings is 1. The van der Waals surface area contributed by atoms with Crippen molar-refractivity contribution in [3.8, 4) is 0 Å². The van der Waals surface area contributed by atoms with E-state index in [0.29, 0.717) is 22.4 Å². The Hall–Kier alpha value is -1.50. The number of nitrogens with zero attached hydrogens (tertiary/aromatic N) is 2. The summed E-state index contributed by atoms with van der Waals surface area (Å²) in [5, 5.41) is 0.518. The van der Waals surface area contributed by atoms with Crippen molar-refractivity contribution in [2.75, 3.05) is 33.8 Å². The molecule has 6 heteroatoms. The number of hydrogen-bond donors (Lipinski definition) is 0. The molecule has 124 valence electrons. The molecular formula is C17H21FN2O2S. The highest BCUT2D eigenvalue weighted by Crippen LogP contribution is 2.35. The van der Waals surface area contributed by atoms with Crippen LogP contribution in [0, 0.1) is 5.82 Å². The van der Waals surface area contributed by atoms with E-state index in [1.165, 1.54) is 17.4 Å². The lowest BCUT2D eigenvalue weighted by atomic mass is 10.1. The molecule has 0 aliphatic carbocycles. The molecule has 0 radical (unpaired) electrons. The Morgan fingerprint density at radius 2 is 2.22 bits per heavy atom. The van der Waals surface area contributed by atoms with Gasteiger partial charge in [-0.1, -0.05) is 6.07 Å². The summed E-state index contributed by atoms with van der Waals surface area (Å²) in [6.45, 7) is 4.70. The molecule has 23 heavy (non-hydrogen) atoms. The number of halogens is 1. The van der Waals surface area contributed by atoms with Crippen LogP contribution >= 0.6 is 11.3 Å². The van der Waals surface area contributed by atoms with E-state index in [2.05, 4.69) is 18.9 Å². The number of carbonyl (C=O) groups excluding carboxylic acids is 1. The number of piperazine rings is 1. The molecule has 0 N–H and O–H groups in total. The minimum atomic E-state index is -0.295. The third-order valence-electron chi connectivity index (χ3n) is 4.34. The first kappa shape index (κ1) is 16.4. The number of carbonyl (C=O) groups is 1. The Kier molecular flexibility index (Phi) is 4.66. The Morgan fingerprint density at radius 3 is 2.91 bits per heavy atom. The zero-order valence-corrected chi connectivity index (χ0v) is 14.5. The number of hydrogen-bond acceptors (Lipinski definition) is 4. The quantitative estimate of drug-likeness (QED) is 0.864. The van der Waals surface area contributed by atoms with Crippen LogP contribution in [-0.4, -0.2) is 55.5 Å². The van der Waals surface area contributed by atoms with Gasteiger partial charge in [0, 0.05) is 48.4 Å². The fraction of sp³-hybridized carbons (Fsp3) is 0.471. The van der Waals surface area contributed by atoms with Crippen LogP contribution in [0.4, 0.5) is 4.39 Å². The van der Waals surface area contributed by atoms with Gasteiger partial charge >= 0.3 is 0 Å². The molecule has 3 rings (SSSR count). The monoisotopic (exact) mass is 336 g/mol. The van der Waals surface area contributed by atoms with E-state index >= 15 is 0 Å². The standard InChI is InChI=1S/C17H21FN2O2S/c1-11-9-19(2)7-8-20(11)17(21)16-12(10-22-3)15-13(18)5-4-6-14(15)23-16/h4-6,11H,7-10H2,1-3H3/t11-/m0/s1. The molecule has 1 atom stereocenters. The van der Waals surface area contributed by atoms with Gasteiger partial charge in [0.1, 0.15) is 5.82 Å². The summed E-state index contributed by atoms with van der Waals surface area (Å²) >= 11 is 1.36. The third-order valence-corrected chi connectivity index (χ3v) is 5.52. The maximum atomic E-state index is 14.2. The normalized spacial score (nSPS) is 19.5. The molecule has 0 bridgehead atoms. The van der Waals surface area contributed by atoms with E-state index in [0.717, 1.165) is 17.8 Å². The van der Waals surface area contributed by atoms with E-state index in [1.807, 2.05) is 11.0 Å². The van der Waals surface area contributed by atoms with E-state index in [-0.39, 0.29) is 24.4 Å². The number of rotatable bonds is 3. The minimum Gasteiger partial charge on any atom is -0.380 e. The first-order chi connectivity index (χ1) is 11.0. The van der Waals surface area contributed by atoms with Gasteiger partial charge in [0.05, 0.1) is 11.5 Å². The van der Waals surface area contributed by atoms with Gasteiger partial charge in [0.25, 0.3) is 5.91 Å². The highest BCUT2D eigenvalue weighted by molar-refractivity contribution is 7.21.